The van der Waals surface area contributed by atoms with Crippen molar-refractivity contribution >= 4 is 0 Å². The SMILES string of the molecule is CCOCCOc1ccc(F)cc1[C@H](C)O. The number of aliphatic hydroxyl groups is 1. The lowest BCUT2D eigenvalue weighted by Gasteiger charge is -2.13. The van der Waals surface area contributed by atoms with E-state index in [4.69, 9.17) is 9.47 Å². The Morgan fingerprint density at radius 2 is 2.12 bits per heavy atom. The summed E-state index contributed by atoms with van der Waals surface area (Å²) in [7, 11) is 0. The Hall–Kier alpha value is -1.13. The molecule has 0 saturated heterocycles. The van der Waals surface area contributed by atoms with Crippen LogP contribution in [0.15, 0.2) is 18.2 Å². The van der Waals surface area contributed by atoms with E-state index >= 15 is 0 Å². The smallest absolute Gasteiger partial charge is 0.125 e. The lowest BCUT2D eigenvalue weighted by Crippen LogP contribution is -2.08. The molecule has 0 spiro atoms. The largest absolute Gasteiger partial charge is 0.491 e. The molecule has 0 aliphatic carbocycles. The van der Waals surface area contributed by atoms with E-state index in [2.05, 4.69) is 0 Å². The van der Waals surface area contributed by atoms with E-state index in [1.807, 2.05) is 6.92 Å². The van der Waals surface area contributed by atoms with Crippen molar-refractivity contribution in [1.29, 1.82) is 0 Å². The first kappa shape index (κ1) is 12.9. The highest BCUT2D eigenvalue weighted by molar-refractivity contribution is 5.35. The fourth-order valence-electron chi connectivity index (χ4n) is 1.33. The van der Waals surface area contributed by atoms with Crippen LogP contribution in [0.1, 0.15) is 25.5 Å². The highest BCUT2D eigenvalue weighted by Crippen LogP contribution is 2.25. The molecule has 0 aromatic heterocycles. The van der Waals surface area contributed by atoms with Gasteiger partial charge in [-0.05, 0) is 32.0 Å². The van der Waals surface area contributed by atoms with Gasteiger partial charge in [0.25, 0.3) is 0 Å². The Morgan fingerprint density at radius 3 is 2.75 bits per heavy atom. The molecule has 0 aliphatic heterocycles. The van der Waals surface area contributed by atoms with Gasteiger partial charge in [-0.2, -0.15) is 0 Å². The van der Waals surface area contributed by atoms with Crippen molar-refractivity contribution in [3.05, 3.63) is 29.6 Å². The summed E-state index contributed by atoms with van der Waals surface area (Å²) in [5.74, 6) is 0.115. The van der Waals surface area contributed by atoms with Crippen molar-refractivity contribution < 1.29 is 19.0 Å². The van der Waals surface area contributed by atoms with Crippen LogP contribution in [-0.4, -0.2) is 24.9 Å². The minimum atomic E-state index is -0.752. The van der Waals surface area contributed by atoms with Gasteiger partial charge < -0.3 is 14.6 Å². The highest BCUT2D eigenvalue weighted by atomic mass is 19.1. The molecule has 0 radical (unpaired) electrons. The first-order valence-electron chi connectivity index (χ1n) is 5.33. The lowest BCUT2D eigenvalue weighted by atomic mass is 10.1. The number of rotatable bonds is 6. The monoisotopic (exact) mass is 228 g/mol. The molecular formula is C12H17FO3. The van der Waals surface area contributed by atoms with Crippen molar-refractivity contribution in [2.45, 2.75) is 20.0 Å². The Labute approximate surface area is 94.8 Å². The molecule has 1 aromatic carbocycles. The normalized spacial score (nSPS) is 12.5. The zero-order valence-electron chi connectivity index (χ0n) is 9.57. The maximum Gasteiger partial charge on any atom is 0.125 e. The van der Waals surface area contributed by atoms with Crippen LogP contribution in [0.4, 0.5) is 4.39 Å². The van der Waals surface area contributed by atoms with Gasteiger partial charge in [-0.25, -0.2) is 4.39 Å². The van der Waals surface area contributed by atoms with Crippen LogP contribution < -0.4 is 4.74 Å². The first-order valence-corrected chi connectivity index (χ1v) is 5.33. The van der Waals surface area contributed by atoms with Crippen LogP contribution in [0, 0.1) is 5.82 Å². The Bertz CT molecular complexity index is 326. The standard InChI is InChI=1S/C12H17FO3/c1-3-15-6-7-16-12-5-4-10(13)8-11(12)9(2)14/h4-5,8-9,14H,3,6-7H2,1-2H3/t9-/m0/s1. The molecule has 0 heterocycles. The van der Waals surface area contributed by atoms with Crippen molar-refractivity contribution in [3.63, 3.8) is 0 Å². The molecule has 0 aliphatic rings. The predicted octanol–water partition coefficient (Wildman–Crippen LogP) is 2.29. The van der Waals surface area contributed by atoms with E-state index in [1.54, 1.807) is 6.92 Å². The molecule has 1 atom stereocenters. The molecule has 0 saturated carbocycles. The Morgan fingerprint density at radius 1 is 1.38 bits per heavy atom. The number of halogens is 1. The fraction of sp³-hybridized carbons (Fsp3) is 0.500. The summed E-state index contributed by atoms with van der Waals surface area (Å²) >= 11 is 0. The molecule has 0 fully saturated rings. The van der Waals surface area contributed by atoms with Crippen LogP contribution >= 0.6 is 0 Å². The molecule has 0 unspecified atom stereocenters. The van der Waals surface area contributed by atoms with Crippen molar-refractivity contribution in [2.75, 3.05) is 19.8 Å². The Kier molecular flexibility index (Phi) is 5.22. The van der Waals surface area contributed by atoms with Gasteiger partial charge in [-0.1, -0.05) is 0 Å². The third-order valence-electron chi connectivity index (χ3n) is 2.11. The highest BCUT2D eigenvalue weighted by Gasteiger charge is 2.10. The van der Waals surface area contributed by atoms with E-state index in [0.717, 1.165) is 0 Å². The number of ether oxygens (including phenoxy) is 2. The average molecular weight is 228 g/mol. The van der Waals surface area contributed by atoms with E-state index in [9.17, 15) is 9.50 Å². The molecule has 1 aromatic rings. The van der Waals surface area contributed by atoms with Crippen LogP contribution in [0.25, 0.3) is 0 Å². The molecule has 0 bridgehead atoms. The molecule has 1 N–H and O–H groups in total. The Balaban J connectivity index is 2.64. The third kappa shape index (κ3) is 3.79. The van der Waals surface area contributed by atoms with Crippen molar-refractivity contribution in [2.24, 2.45) is 0 Å². The second kappa shape index (κ2) is 6.45. The minimum Gasteiger partial charge on any atom is -0.491 e. The maximum atomic E-state index is 13.0. The summed E-state index contributed by atoms with van der Waals surface area (Å²) in [6.07, 6.45) is -0.752. The number of aliphatic hydroxyl groups excluding tert-OH is 1. The zero-order chi connectivity index (χ0) is 12.0. The topological polar surface area (TPSA) is 38.7 Å². The predicted molar refractivity (Wildman–Crippen MR) is 59.0 cm³/mol. The summed E-state index contributed by atoms with van der Waals surface area (Å²) < 4.78 is 23.5. The van der Waals surface area contributed by atoms with Crippen LogP contribution in [0.2, 0.25) is 0 Å². The molecular weight excluding hydrogens is 211 g/mol. The summed E-state index contributed by atoms with van der Waals surface area (Å²) in [4.78, 5) is 0. The maximum absolute atomic E-state index is 13.0. The van der Waals surface area contributed by atoms with Gasteiger partial charge in [0.15, 0.2) is 0 Å². The fourth-order valence-corrected chi connectivity index (χ4v) is 1.33. The van der Waals surface area contributed by atoms with Crippen LogP contribution in [-0.2, 0) is 4.74 Å². The quantitative estimate of drug-likeness (QED) is 0.759. The molecule has 0 amide bonds. The minimum absolute atomic E-state index is 0.381. The second-order valence-corrected chi connectivity index (χ2v) is 3.40. The summed E-state index contributed by atoms with van der Waals surface area (Å²) in [5.41, 5.74) is 0.455. The summed E-state index contributed by atoms with van der Waals surface area (Å²) in [6.45, 7) is 4.98. The van der Waals surface area contributed by atoms with E-state index in [0.29, 0.717) is 31.1 Å². The molecule has 90 valence electrons. The number of hydrogen-bond acceptors (Lipinski definition) is 3. The van der Waals surface area contributed by atoms with Gasteiger partial charge in [0.2, 0.25) is 0 Å². The summed E-state index contributed by atoms with van der Waals surface area (Å²) in [5, 5.41) is 9.45. The number of benzene rings is 1. The lowest BCUT2D eigenvalue weighted by molar-refractivity contribution is 0.107. The number of hydrogen-bond donors (Lipinski definition) is 1. The third-order valence-corrected chi connectivity index (χ3v) is 2.11. The first-order chi connectivity index (χ1) is 7.65. The van der Waals surface area contributed by atoms with Crippen molar-refractivity contribution in [3.8, 4) is 5.75 Å². The van der Waals surface area contributed by atoms with E-state index in [-0.39, 0.29) is 5.82 Å². The molecule has 3 nitrogen and oxygen atoms in total. The van der Waals surface area contributed by atoms with E-state index < -0.39 is 6.10 Å². The van der Waals surface area contributed by atoms with Gasteiger partial charge >= 0.3 is 0 Å². The van der Waals surface area contributed by atoms with Gasteiger partial charge in [-0.15, -0.1) is 0 Å². The molecule has 1 rings (SSSR count). The van der Waals surface area contributed by atoms with Gasteiger partial charge in [0, 0.05) is 12.2 Å². The zero-order valence-corrected chi connectivity index (χ0v) is 9.57. The van der Waals surface area contributed by atoms with Crippen molar-refractivity contribution in [1.82, 2.24) is 0 Å². The summed E-state index contributed by atoms with van der Waals surface area (Å²) in [6, 6.07) is 4.10. The second-order valence-electron chi connectivity index (χ2n) is 3.40. The van der Waals surface area contributed by atoms with E-state index in [1.165, 1.54) is 18.2 Å². The van der Waals surface area contributed by atoms with Gasteiger partial charge in [0.05, 0.1) is 12.7 Å². The van der Waals surface area contributed by atoms with Crippen LogP contribution in [0.3, 0.4) is 0 Å². The van der Waals surface area contributed by atoms with Gasteiger partial charge in [-0.3, -0.25) is 0 Å². The molecule has 4 heteroatoms. The van der Waals surface area contributed by atoms with Crippen LogP contribution in [0.5, 0.6) is 5.75 Å². The average Bonchev–Trinajstić information content (AvgIpc) is 2.26. The molecule has 16 heavy (non-hydrogen) atoms. The van der Waals surface area contributed by atoms with Gasteiger partial charge in [0.1, 0.15) is 18.2 Å².